The van der Waals surface area contributed by atoms with Crippen LogP contribution in [-0.4, -0.2) is 30.1 Å². The van der Waals surface area contributed by atoms with E-state index in [0.29, 0.717) is 19.2 Å². The van der Waals surface area contributed by atoms with Crippen molar-refractivity contribution >= 4 is 5.97 Å². The summed E-state index contributed by atoms with van der Waals surface area (Å²) in [4.78, 5) is 13.6. The first kappa shape index (κ1) is 14.5. The van der Waals surface area contributed by atoms with Crippen molar-refractivity contribution in [3.05, 3.63) is 35.1 Å². The van der Waals surface area contributed by atoms with Gasteiger partial charge in [-0.3, -0.25) is 9.69 Å². The highest BCUT2D eigenvalue weighted by atomic mass is 19.1. The second-order valence-corrected chi connectivity index (χ2v) is 4.87. The topological polar surface area (TPSA) is 53.3 Å². The van der Waals surface area contributed by atoms with Crippen LogP contribution in [0.25, 0.3) is 0 Å². The number of benzene rings is 1. The number of esters is 1. The molecule has 1 aliphatic carbocycles. The van der Waals surface area contributed by atoms with Gasteiger partial charge in [0.25, 0.3) is 0 Å². The Labute approximate surface area is 117 Å². The number of hydrogen-bond acceptors (Lipinski definition) is 4. The van der Waals surface area contributed by atoms with Gasteiger partial charge in [-0.05, 0) is 37.5 Å². The molecule has 1 saturated carbocycles. The average Bonchev–Trinajstić information content (AvgIpc) is 3.24. The van der Waals surface area contributed by atoms with E-state index in [4.69, 9.17) is 10.00 Å². The van der Waals surface area contributed by atoms with E-state index in [2.05, 4.69) is 0 Å². The van der Waals surface area contributed by atoms with Crippen molar-refractivity contribution in [2.24, 2.45) is 0 Å². The van der Waals surface area contributed by atoms with Crippen molar-refractivity contribution in [2.45, 2.75) is 32.4 Å². The fourth-order valence-electron chi connectivity index (χ4n) is 2.12. The van der Waals surface area contributed by atoms with E-state index in [0.717, 1.165) is 18.4 Å². The highest BCUT2D eigenvalue weighted by molar-refractivity contribution is 5.71. The van der Waals surface area contributed by atoms with Crippen LogP contribution in [0.4, 0.5) is 4.39 Å². The summed E-state index contributed by atoms with van der Waals surface area (Å²) in [7, 11) is 0. The molecule has 106 valence electrons. The van der Waals surface area contributed by atoms with Crippen LogP contribution in [0, 0.1) is 17.1 Å². The molecule has 0 aliphatic heterocycles. The van der Waals surface area contributed by atoms with Crippen LogP contribution < -0.4 is 0 Å². The third kappa shape index (κ3) is 3.78. The maximum absolute atomic E-state index is 13.3. The summed E-state index contributed by atoms with van der Waals surface area (Å²) < 4.78 is 18.2. The molecule has 0 atom stereocenters. The van der Waals surface area contributed by atoms with Crippen LogP contribution in [-0.2, 0) is 16.1 Å². The Morgan fingerprint density at radius 3 is 2.90 bits per heavy atom. The van der Waals surface area contributed by atoms with E-state index in [9.17, 15) is 9.18 Å². The van der Waals surface area contributed by atoms with Gasteiger partial charge in [0.2, 0.25) is 0 Å². The summed E-state index contributed by atoms with van der Waals surface area (Å²) in [6.45, 7) is 2.90. The smallest absolute Gasteiger partial charge is 0.320 e. The average molecular weight is 276 g/mol. The van der Waals surface area contributed by atoms with Crippen LogP contribution in [0.1, 0.15) is 30.9 Å². The third-order valence-electron chi connectivity index (χ3n) is 3.24. The molecule has 2 rings (SSSR count). The lowest BCUT2D eigenvalue weighted by Gasteiger charge is -2.21. The molecule has 4 nitrogen and oxygen atoms in total. The Bertz CT molecular complexity index is 535. The van der Waals surface area contributed by atoms with Gasteiger partial charge in [-0.1, -0.05) is 6.07 Å². The van der Waals surface area contributed by atoms with Crippen molar-refractivity contribution in [2.75, 3.05) is 13.2 Å². The van der Waals surface area contributed by atoms with E-state index in [1.807, 2.05) is 11.0 Å². The minimum absolute atomic E-state index is 0.0365. The van der Waals surface area contributed by atoms with Crippen LogP contribution in [0.3, 0.4) is 0 Å². The molecule has 1 aliphatic rings. The number of ether oxygens (including phenoxy) is 1. The molecule has 5 heteroatoms. The molecule has 1 aromatic carbocycles. The largest absolute Gasteiger partial charge is 0.465 e. The summed E-state index contributed by atoms with van der Waals surface area (Å²) >= 11 is 0. The maximum atomic E-state index is 13.3. The standard InChI is InChI=1S/C15H17FN2O2/c1-2-20-15(19)10-18(13-4-5-13)9-11-3-6-14(16)12(7-11)8-17/h3,6-7,13H,2,4-5,9-10H2,1H3. The number of rotatable bonds is 6. The van der Waals surface area contributed by atoms with Gasteiger partial charge in [-0.2, -0.15) is 5.26 Å². The highest BCUT2D eigenvalue weighted by Gasteiger charge is 2.30. The van der Waals surface area contributed by atoms with Crippen molar-refractivity contribution in [1.82, 2.24) is 4.90 Å². The van der Waals surface area contributed by atoms with Gasteiger partial charge in [0.1, 0.15) is 11.9 Å². The zero-order valence-corrected chi connectivity index (χ0v) is 11.4. The molecule has 0 bridgehead atoms. The molecular formula is C15H17FN2O2. The van der Waals surface area contributed by atoms with Crippen molar-refractivity contribution in [3.8, 4) is 6.07 Å². The summed E-state index contributed by atoms with van der Waals surface area (Å²) in [5.74, 6) is -0.762. The quantitative estimate of drug-likeness (QED) is 0.748. The van der Waals surface area contributed by atoms with Crippen LogP contribution in [0.5, 0.6) is 0 Å². The van der Waals surface area contributed by atoms with Gasteiger partial charge >= 0.3 is 5.97 Å². The monoisotopic (exact) mass is 276 g/mol. The lowest BCUT2D eigenvalue weighted by atomic mass is 10.1. The summed E-state index contributed by atoms with van der Waals surface area (Å²) in [5, 5.41) is 8.84. The van der Waals surface area contributed by atoms with Crippen LogP contribution in [0.2, 0.25) is 0 Å². The molecule has 0 N–H and O–H groups in total. The number of nitriles is 1. The van der Waals surface area contributed by atoms with Gasteiger partial charge in [0.15, 0.2) is 0 Å². The fraction of sp³-hybridized carbons (Fsp3) is 0.467. The maximum Gasteiger partial charge on any atom is 0.320 e. The molecule has 1 aromatic rings. The molecule has 1 fully saturated rings. The van der Waals surface area contributed by atoms with E-state index in [1.165, 1.54) is 12.1 Å². The molecule has 0 heterocycles. The van der Waals surface area contributed by atoms with E-state index < -0.39 is 5.82 Å². The first-order valence-corrected chi connectivity index (χ1v) is 6.72. The molecule has 0 spiro atoms. The first-order valence-electron chi connectivity index (χ1n) is 6.72. The summed E-state index contributed by atoms with van der Waals surface area (Å²) in [6, 6.07) is 6.70. The van der Waals surface area contributed by atoms with Crippen molar-refractivity contribution < 1.29 is 13.9 Å². The highest BCUT2D eigenvalue weighted by Crippen LogP contribution is 2.28. The van der Waals surface area contributed by atoms with Gasteiger partial charge in [-0.25, -0.2) is 4.39 Å². The molecule has 0 aromatic heterocycles. The second kappa shape index (κ2) is 6.49. The number of carbonyl (C=O) groups is 1. The Kier molecular flexibility index (Phi) is 4.70. The van der Waals surface area contributed by atoms with Gasteiger partial charge in [0.05, 0.1) is 18.7 Å². The van der Waals surface area contributed by atoms with E-state index >= 15 is 0 Å². The van der Waals surface area contributed by atoms with Gasteiger partial charge in [0, 0.05) is 12.6 Å². The molecule has 0 amide bonds. The normalized spacial score (nSPS) is 14.1. The number of nitrogens with zero attached hydrogens (tertiary/aromatic N) is 2. The Morgan fingerprint density at radius 1 is 1.55 bits per heavy atom. The molecule has 20 heavy (non-hydrogen) atoms. The summed E-state index contributed by atoms with van der Waals surface area (Å²) in [6.07, 6.45) is 2.12. The molecule has 0 unspecified atom stereocenters. The molecule has 0 saturated heterocycles. The zero-order valence-electron chi connectivity index (χ0n) is 11.4. The minimum atomic E-state index is -0.514. The van der Waals surface area contributed by atoms with Crippen molar-refractivity contribution in [3.63, 3.8) is 0 Å². The Morgan fingerprint density at radius 2 is 2.30 bits per heavy atom. The number of carbonyl (C=O) groups excluding carboxylic acids is 1. The lowest BCUT2D eigenvalue weighted by molar-refractivity contribution is -0.144. The van der Waals surface area contributed by atoms with Crippen LogP contribution in [0.15, 0.2) is 18.2 Å². The molecule has 0 radical (unpaired) electrons. The van der Waals surface area contributed by atoms with Crippen molar-refractivity contribution in [1.29, 1.82) is 5.26 Å². The first-order chi connectivity index (χ1) is 9.63. The van der Waals surface area contributed by atoms with Gasteiger partial charge in [-0.15, -0.1) is 0 Å². The Hall–Kier alpha value is -1.93. The second-order valence-electron chi connectivity index (χ2n) is 4.87. The zero-order chi connectivity index (χ0) is 14.5. The third-order valence-corrected chi connectivity index (χ3v) is 3.24. The minimum Gasteiger partial charge on any atom is -0.465 e. The predicted octanol–water partition coefficient (Wildman–Crippen LogP) is 2.22. The number of halogens is 1. The predicted molar refractivity (Wildman–Crippen MR) is 71.2 cm³/mol. The van der Waals surface area contributed by atoms with Crippen LogP contribution >= 0.6 is 0 Å². The van der Waals surface area contributed by atoms with Gasteiger partial charge < -0.3 is 4.74 Å². The Balaban J connectivity index is 2.05. The SMILES string of the molecule is CCOC(=O)CN(Cc1ccc(F)c(C#N)c1)C1CC1. The number of hydrogen-bond donors (Lipinski definition) is 0. The fourth-order valence-corrected chi connectivity index (χ4v) is 2.12. The lowest BCUT2D eigenvalue weighted by Crippen LogP contribution is -2.32. The van der Waals surface area contributed by atoms with E-state index in [-0.39, 0.29) is 18.1 Å². The summed E-state index contributed by atoms with van der Waals surface area (Å²) in [5.41, 5.74) is 0.869. The molecular weight excluding hydrogens is 259 g/mol. The van der Waals surface area contributed by atoms with E-state index in [1.54, 1.807) is 13.0 Å².